The zero-order valence-corrected chi connectivity index (χ0v) is 18.1. The third-order valence-electron chi connectivity index (χ3n) is 5.99. The summed E-state index contributed by atoms with van der Waals surface area (Å²) in [4.78, 5) is 39.4. The summed E-state index contributed by atoms with van der Waals surface area (Å²) in [6.45, 7) is 1.78. The Kier molecular flexibility index (Phi) is 7.60. The van der Waals surface area contributed by atoms with E-state index in [9.17, 15) is 18.8 Å². The van der Waals surface area contributed by atoms with E-state index in [0.29, 0.717) is 12.0 Å². The Morgan fingerprint density at radius 2 is 1.81 bits per heavy atom. The molecule has 2 amide bonds. The first-order chi connectivity index (χ1) is 14.9. The fraction of sp³-hybridized carbons (Fsp3) is 0.458. The molecule has 1 aromatic carbocycles. The highest BCUT2D eigenvalue weighted by molar-refractivity contribution is 5.94. The molecule has 0 saturated heterocycles. The average Bonchev–Trinajstić information content (AvgIpc) is 2.77. The van der Waals surface area contributed by atoms with Gasteiger partial charge < -0.3 is 14.8 Å². The van der Waals surface area contributed by atoms with Crippen LogP contribution in [0.15, 0.2) is 47.4 Å². The van der Waals surface area contributed by atoms with Gasteiger partial charge in [0.15, 0.2) is 0 Å². The quantitative estimate of drug-likeness (QED) is 0.733. The number of carbonyl (C=O) groups is 2. The maximum Gasteiger partial charge on any atom is 0.252 e. The molecule has 3 rings (SSSR count). The van der Waals surface area contributed by atoms with Gasteiger partial charge >= 0.3 is 0 Å². The van der Waals surface area contributed by atoms with Gasteiger partial charge in [-0.3, -0.25) is 14.4 Å². The fourth-order valence-electron chi connectivity index (χ4n) is 4.15. The summed E-state index contributed by atoms with van der Waals surface area (Å²) in [7, 11) is 1.67. The van der Waals surface area contributed by atoms with Gasteiger partial charge in [0.05, 0.1) is 11.6 Å². The van der Waals surface area contributed by atoms with E-state index in [2.05, 4.69) is 5.32 Å². The number of nitrogens with one attached hydrogen (secondary N) is 1. The highest BCUT2D eigenvalue weighted by atomic mass is 19.1. The minimum absolute atomic E-state index is 0.162. The van der Waals surface area contributed by atoms with Crippen LogP contribution < -0.4 is 10.9 Å². The summed E-state index contributed by atoms with van der Waals surface area (Å²) in [5, 5.41) is 3.03. The van der Waals surface area contributed by atoms with Crippen molar-refractivity contribution in [1.29, 1.82) is 0 Å². The number of hydrogen-bond acceptors (Lipinski definition) is 3. The third-order valence-corrected chi connectivity index (χ3v) is 5.99. The van der Waals surface area contributed by atoms with E-state index < -0.39 is 0 Å². The van der Waals surface area contributed by atoms with Crippen LogP contribution >= 0.6 is 0 Å². The zero-order chi connectivity index (χ0) is 22.4. The summed E-state index contributed by atoms with van der Waals surface area (Å²) >= 11 is 0. The molecule has 1 N–H and O–H groups in total. The fourth-order valence-corrected chi connectivity index (χ4v) is 4.15. The molecule has 6 nitrogen and oxygen atoms in total. The SMILES string of the molecule is CC[C@@H](c1ccc(F)cc1)N(C)C(=O)Cn1cc(C(=O)NC2CCCCC2)ccc1=O. The van der Waals surface area contributed by atoms with Crippen molar-refractivity contribution in [3.8, 4) is 0 Å². The van der Waals surface area contributed by atoms with Crippen LogP contribution in [-0.4, -0.2) is 34.4 Å². The largest absolute Gasteiger partial charge is 0.349 e. The molecule has 31 heavy (non-hydrogen) atoms. The number of halogens is 1. The summed E-state index contributed by atoms with van der Waals surface area (Å²) in [5.74, 6) is -0.815. The predicted molar refractivity (Wildman–Crippen MR) is 117 cm³/mol. The lowest BCUT2D eigenvalue weighted by molar-refractivity contribution is -0.132. The molecular weight excluding hydrogens is 397 g/mol. The van der Waals surface area contributed by atoms with Crippen molar-refractivity contribution < 1.29 is 14.0 Å². The molecule has 0 aliphatic heterocycles. The number of benzene rings is 1. The van der Waals surface area contributed by atoms with Gasteiger partial charge in [0.1, 0.15) is 12.4 Å². The van der Waals surface area contributed by atoms with Gasteiger partial charge in [-0.25, -0.2) is 4.39 Å². The van der Waals surface area contributed by atoms with Crippen LogP contribution in [0.1, 0.15) is 67.4 Å². The van der Waals surface area contributed by atoms with Crippen molar-refractivity contribution in [2.45, 2.75) is 64.1 Å². The first-order valence-electron chi connectivity index (χ1n) is 10.9. The Bertz CT molecular complexity index is 965. The summed E-state index contributed by atoms with van der Waals surface area (Å²) in [6.07, 6.45) is 7.45. The van der Waals surface area contributed by atoms with E-state index in [4.69, 9.17) is 0 Å². The molecule has 0 spiro atoms. The Labute approximate surface area is 182 Å². The van der Waals surface area contributed by atoms with Crippen molar-refractivity contribution in [3.05, 3.63) is 69.9 Å². The van der Waals surface area contributed by atoms with Crippen LogP contribution in [0, 0.1) is 5.82 Å². The highest BCUT2D eigenvalue weighted by Crippen LogP contribution is 2.23. The number of likely N-dealkylation sites (N-methyl/N-ethyl adjacent to an activating group) is 1. The standard InChI is InChI=1S/C24H30FN3O3/c1-3-21(17-9-12-19(25)13-10-17)27(2)23(30)16-28-15-18(11-14-22(28)29)24(31)26-20-7-5-4-6-8-20/h9-15,20-21H,3-8,16H2,1-2H3,(H,26,31)/t21-/m0/s1. The van der Waals surface area contributed by atoms with Crippen LogP contribution in [0.3, 0.4) is 0 Å². The maximum absolute atomic E-state index is 13.2. The molecule has 0 radical (unpaired) electrons. The molecule has 2 aromatic rings. The van der Waals surface area contributed by atoms with E-state index >= 15 is 0 Å². The number of amides is 2. The second-order valence-corrected chi connectivity index (χ2v) is 8.17. The molecule has 1 heterocycles. The van der Waals surface area contributed by atoms with Crippen molar-refractivity contribution in [2.75, 3.05) is 7.05 Å². The van der Waals surface area contributed by atoms with Crippen molar-refractivity contribution in [2.24, 2.45) is 0 Å². The molecule has 0 bridgehead atoms. The number of rotatable bonds is 7. The van der Waals surface area contributed by atoms with E-state index in [0.717, 1.165) is 31.2 Å². The van der Waals surface area contributed by atoms with Gasteiger partial charge in [-0.05, 0) is 43.0 Å². The highest BCUT2D eigenvalue weighted by Gasteiger charge is 2.22. The number of carbonyl (C=O) groups excluding carboxylic acids is 2. The molecular formula is C24H30FN3O3. The zero-order valence-electron chi connectivity index (χ0n) is 18.1. The van der Waals surface area contributed by atoms with Crippen LogP contribution in [0.4, 0.5) is 4.39 Å². The average molecular weight is 428 g/mol. The number of nitrogens with zero attached hydrogens (tertiary/aromatic N) is 2. The Balaban J connectivity index is 1.71. The predicted octanol–water partition coefficient (Wildman–Crippen LogP) is 3.66. The topological polar surface area (TPSA) is 71.4 Å². The monoisotopic (exact) mass is 427 g/mol. The molecule has 7 heteroatoms. The van der Waals surface area contributed by atoms with Gasteiger partial charge in [0.2, 0.25) is 5.91 Å². The smallest absolute Gasteiger partial charge is 0.252 e. The van der Waals surface area contributed by atoms with Gasteiger partial charge in [-0.1, -0.05) is 38.3 Å². The number of hydrogen-bond donors (Lipinski definition) is 1. The first kappa shape index (κ1) is 22.7. The third kappa shape index (κ3) is 5.81. The van der Waals surface area contributed by atoms with Gasteiger partial charge in [0.25, 0.3) is 11.5 Å². The lowest BCUT2D eigenvalue weighted by atomic mass is 9.95. The molecule has 1 saturated carbocycles. The first-order valence-corrected chi connectivity index (χ1v) is 10.9. The lowest BCUT2D eigenvalue weighted by Gasteiger charge is -2.28. The Morgan fingerprint density at radius 3 is 2.45 bits per heavy atom. The minimum Gasteiger partial charge on any atom is -0.349 e. The molecule has 1 fully saturated rings. The van der Waals surface area contributed by atoms with E-state index in [-0.39, 0.29) is 41.8 Å². The number of aromatic nitrogens is 1. The van der Waals surface area contributed by atoms with Crippen LogP contribution in [0.5, 0.6) is 0 Å². The number of pyridine rings is 1. The molecule has 1 atom stereocenters. The van der Waals surface area contributed by atoms with Crippen LogP contribution in [0.25, 0.3) is 0 Å². The second-order valence-electron chi connectivity index (χ2n) is 8.17. The lowest BCUT2D eigenvalue weighted by Crippen LogP contribution is -2.38. The molecule has 166 valence electrons. The second kappa shape index (κ2) is 10.4. The maximum atomic E-state index is 13.2. The molecule has 1 aliphatic rings. The Hall–Kier alpha value is -2.96. The summed E-state index contributed by atoms with van der Waals surface area (Å²) < 4.78 is 14.5. The van der Waals surface area contributed by atoms with Gasteiger partial charge in [0, 0.05) is 25.4 Å². The molecule has 1 aromatic heterocycles. The van der Waals surface area contributed by atoms with Crippen molar-refractivity contribution in [1.82, 2.24) is 14.8 Å². The van der Waals surface area contributed by atoms with Crippen LogP contribution in [-0.2, 0) is 11.3 Å². The van der Waals surface area contributed by atoms with Crippen molar-refractivity contribution in [3.63, 3.8) is 0 Å². The Morgan fingerprint density at radius 1 is 1.13 bits per heavy atom. The normalized spacial score (nSPS) is 15.3. The summed E-state index contributed by atoms with van der Waals surface area (Å²) in [6, 6.07) is 8.81. The van der Waals surface area contributed by atoms with Crippen molar-refractivity contribution >= 4 is 11.8 Å². The van der Waals surface area contributed by atoms with Gasteiger partial charge in [-0.2, -0.15) is 0 Å². The van der Waals surface area contributed by atoms with E-state index in [1.165, 1.54) is 41.5 Å². The van der Waals surface area contributed by atoms with Gasteiger partial charge in [-0.15, -0.1) is 0 Å². The van der Waals surface area contributed by atoms with E-state index in [1.807, 2.05) is 6.92 Å². The summed E-state index contributed by atoms with van der Waals surface area (Å²) in [5.41, 5.74) is 0.852. The van der Waals surface area contributed by atoms with E-state index in [1.54, 1.807) is 24.1 Å². The van der Waals surface area contributed by atoms with Crippen LogP contribution in [0.2, 0.25) is 0 Å². The molecule has 1 aliphatic carbocycles. The molecule has 0 unspecified atom stereocenters. The minimum atomic E-state index is -0.342.